The number of hydrogen-bond acceptors (Lipinski definition) is 5. The lowest BCUT2D eigenvalue weighted by atomic mass is 10.1. The molecule has 1 N–H and O–H groups in total. The summed E-state index contributed by atoms with van der Waals surface area (Å²) >= 11 is 0. The Kier molecular flexibility index (Phi) is 2.63. The maximum Gasteiger partial charge on any atom is 0.183 e. The SMILES string of the molecule is Cc1cccc(Nc2ncnc3c2nnn3C)c1C. The van der Waals surface area contributed by atoms with Gasteiger partial charge in [-0.3, -0.25) is 0 Å². The number of nitrogens with one attached hydrogen (secondary N) is 1. The van der Waals surface area contributed by atoms with Gasteiger partial charge in [-0.1, -0.05) is 17.3 Å². The Morgan fingerprint density at radius 1 is 1.16 bits per heavy atom. The molecule has 0 aliphatic carbocycles. The van der Waals surface area contributed by atoms with Gasteiger partial charge in [0.2, 0.25) is 0 Å². The second-order valence-corrected chi connectivity index (χ2v) is 4.48. The lowest BCUT2D eigenvalue weighted by Gasteiger charge is -2.10. The first-order chi connectivity index (χ1) is 9.16. The van der Waals surface area contributed by atoms with E-state index >= 15 is 0 Å². The number of benzene rings is 1. The van der Waals surface area contributed by atoms with Crippen molar-refractivity contribution in [2.45, 2.75) is 13.8 Å². The maximum absolute atomic E-state index is 4.25. The molecule has 0 aliphatic heterocycles. The van der Waals surface area contributed by atoms with Crippen LogP contribution in [0.4, 0.5) is 11.5 Å². The Morgan fingerprint density at radius 3 is 2.84 bits per heavy atom. The highest BCUT2D eigenvalue weighted by atomic mass is 15.4. The normalized spacial score (nSPS) is 10.9. The molecule has 1 aromatic carbocycles. The molecule has 0 atom stereocenters. The zero-order chi connectivity index (χ0) is 13.4. The fourth-order valence-electron chi connectivity index (χ4n) is 1.96. The summed E-state index contributed by atoms with van der Waals surface area (Å²) in [5.74, 6) is 0.673. The highest BCUT2D eigenvalue weighted by Gasteiger charge is 2.10. The Morgan fingerprint density at radius 2 is 2.00 bits per heavy atom. The molecule has 0 saturated heterocycles. The van der Waals surface area contributed by atoms with E-state index < -0.39 is 0 Å². The van der Waals surface area contributed by atoms with Gasteiger partial charge in [-0.15, -0.1) is 5.10 Å². The van der Waals surface area contributed by atoms with Gasteiger partial charge in [0, 0.05) is 12.7 Å². The Labute approximate surface area is 110 Å². The van der Waals surface area contributed by atoms with Crippen molar-refractivity contribution in [3.63, 3.8) is 0 Å². The lowest BCUT2D eigenvalue weighted by molar-refractivity contribution is 0.729. The number of hydrogen-bond donors (Lipinski definition) is 1. The molecule has 19 heavy (non-hydrogen) atoms. The van der Waals surface area contributed by atoms with Crippen molar-refractivity contribution in [2.24, 2.45) is 7.05 Å². The fraction of sp³-hybridized carbons (Fsp3) is 0.231. The molecular formula is C13H14N6. The van der Waals surface area contributed by atoms with E-state index in [1.807, 2.05) is 19.2 Å². The lowest BCUT2D eigenvalue weighted by Crippen LogP contribution is -1.99. The predicted molar refractivity (Wildman–Crippen MR) is 73.3 cm³/mol. The summed E-state index contributed by atoms with van der Waals surface area (Å²) in [5, 5.41) is 11.4. The summed E-state index contributed by atoms with van der Waals surface area (Å²) in [4.78, 5) is 8.42. The summed E-state index contributed by atoms with van der Waals surface area (Å²) in [6, 6.07) is 6.12. The Balaban J connectivity index is 2.08. The second kappa shape index (κ2) is 4.31. The van der Waals surface area contributed by atoms with Gasteiger partial charge in [0.1, 0.15) is 6.33 Å². The molecule has 3 aromatic rings. The summed E-state index contributed by atoms with van der Waals surface area (Å²) in [6.45, 7) is 4.16. The van der Waals surface area contributed by atoms with Crippen molar-refractivity contribution in [1.82, 2.24) is 25.0 Å². The highest BCUT2D eigenvalue weighted by Crippen LogP contribution is 2.24. The fourth-order valence-corrected chi connectivity index (χ4v) is 1.96. The van der Waals surface area contributed by atoms with Crippen LogP contribution in [0.2, 0.25) is 0 Å². The molecule has 0 spiro atoms. The minimum atomic E-state index is 0.672. The Hall–Kier alpha value is -2.50. The molecule has 6 heteroatoms. The van der Waals surface area contributed by atoms with Gasteiger partial charge in [0.15, 0.2) is 17.0 Å². The molecule has 0 saturated carbocycles. The van der Waals surface area contributed by atoms with Crippen molar-refractivity contribution < 1.29 is 0 Å². The van der Waals surface area contributed by atoms with Crippen molar-refractivity contribution in [3.8, 4) is 0 Å². The minimum Gasteiger partial charge on any atom is -0.338 e. The summed E-state index contributed by atoms with van der Waals surface area (Å²) in [7, 11) is 1.81. The topological polar surface area (TPSA) is 68.5 Å². The van der Waals surface area contributed by atoms with Gasteiger partial charge in [-0.25, -0.2) is 14.6 Å². The zero-order valence-corrected chi connectivity index (χ0v) is 11.0. The average Bonchev–Trinajstić information content (AvgIpc) is 2.78. The van der Waals surface area contributed by atoms with E-state index in [2.05, 4.69) is 45.5 Å². The number of aromatic nitrogens is 5. The van der Waals surface area contributed by atoms with Crippen molar-refractivity contribution in [2.75, 3.05) is 5.32 Å². The van der Waals surface area contributed by atoms with Crippen molar-refractivity contribution in [1.29, 1.82) is 0 Å². The van der Waals surface area contributed by atoms with Crippen LogP contribution in [0, 0.1) is 13.8 Å². The van der Waals surface area contributed by atoms with E-state index in [4.69, 9.17) is 0 Å². The molecule has 0 amide bonds. The van der Waals surface area contributed by atoms with Gasteiger partial charge in [-0.05, 0) is 31.0 Å². The van der Waals surface area contributed by atoms with E-state index in [1.165, 1.54) is 17.5 Å². The first-order valence-corrected chi connectivity index (χ1v) is 6.00. The van der Waals surface area contributed by atoms with E-state index in [9.17, 15) is 0 Å². The van der Waals surface area contributed by atoms with Crippen molar-refractivity contribution >= 4 is 22.7 Å². The number of fused-ring (bicyclic) bond motifs is 1. The number of nitrogens with zero attached hydrogens (tertiary/aromatic N) is 5. The summed E-state index contributed by atoms with van der Waals surface area (Å²) in [6.07, 6.45) is 1.51. The molecule has 2 aromatic heterocycles. The van der Waals surface area contributed by atoms with Crippen LogP contribution in [0.3, 0.4) is 0 Å². The first kappa shape index (κ1) is 11.6. The molecule has 6 nitrogen and oxygen atoms in total. The predicted octanol–water partition coefficient (Wildman–Crippen LogP) is 2.12. The summed E-state index contributed by atoms with van der Waals surface area (Å²) < 4.78 is 1.63. The zero-order valence-electron chi connectivity index (χ0n) is 11.0. The van der Waals surface area contributed by atoms with Gasteiger partial charge >= 0.3 is 0 Å². The maximum atomic E-state index is 4.25. The number of anilines is 2. The van der Waals surface area contributed by atoms with Crippen LogP contribution in [0.25, 0.3) is 11.2 Å². The van der Waals surface area contributed by atoms with Crippen LogP contribution >= 0.6 is 0 Å². The quantitative estimate of drug-likeness (QED) is 0.758. The van der Waals surface area contributed by atoms with E-state index in [0.29, 0.717) is 17.0 Å². The van der Waals surface area contributed by atoms with Gasteiger partial charge in [0.05, 0.1) is 0 Å². The van der Waals surface area contributed by atoms with Crippen LogP contribution in [-0.4, -0.2) is 25.0 Å². The van der Waals surface area contributed by atoms with Crippen LogP contribution in [-0.2, 0) is 7.05 Å². The minimum absolute atomic E-state index is 0.672. The van der Waals surface area contributed by atoms with Gasteiger partial charge < -0.3 is 5.32 Å². The highest BCUT2D eigenvalue weighted by molar-refractivity contribution is 5.84. The largest absolute Gasteiger partial charge is 0.338 e. The molecular weight excluding hydrogens is 240 g/mol. The third-order valence-electron chi connectivity index (χ3n) is 3.25. The molecule has 0 bridgehead atoms. The Bertz CT molecular complexity index is 746. The smallest absolute Gasteiger partial charge is 0.183 e. The van der Waals surface area contributed by atoms with Crippen molar-refractivity contribution in [3.05, 3.63) is 35.7 Å². The van der Waals surface area contributed by atoms with Crippen LogP contribution in [0.5, 0.6) is 0 Å². The van der Waals surface area contributed by atoms with Crippen LogP contribution < -0.4 is 5.32 Å². The van der Waals surface area contributed by atoms with Gasteiger partial charge in [0.25, 0.3) is 0 Å². The molecule has 3 rings (SSSR count). The summed E-state index contributed by atoms with van der Waals surface area (Å²) in [5.41, 5.74) is 4.83. The third-order valence-corrected chi connectivity index (χ3v) is 3.25. The van der Waals surface area contributed by atoms with Gasteiger partial charge in [-0.2, -0.15) is 0 Å². The molecule has 96 valence electrons. The molecule has 0 radical (unpaired) electrons. The number of aryl methyl sites for hydroxylation is 2. The monoisotopic (exact) mass is 254 g/mol. The average molecular weight is 254 g/mol. The van der Waals surface area contributed by atoms with E-state index in [0.717, 1.165) is 5.69 Å². The molecule has 0 aliphatic rings. The molecule has 0 unspecified atom stereocenters. The standard InChI is InChI=1S/C13H14N6/c1-8-5-4-6-10(9(8)2)16-12-11-13(15-7-14-12)19(3)18-17-11/h4-7H,1-3H3,(H,14,15,16). The van der Waals surface area contributed by atoms with Crippen LogP contribution in [0.1, 0.15) is 11.1 Å². The number of rotatable bonds is 2. The first-order valence-electron chi connectivity index (χ1n) is 6.00. The second-order valence-electron chi connectivity index (χ2n) is 4.48. The molecule has 0 fully saturated rings. The molecule has 2 heterocycles. The van der Waals surface area contributed by atoms with E-state index in [-0.39, 0.29) is 0 Å². The van der Waals surface area contributed by atoms with Crippen LogP contribution in [0.15, 0.2) is 24.5 Å². The third kappa shape index (κ3) is 1.91. The van der Waals surface area contributed by atoms with E-state index in [1.54, 1.807) is 4.68 Å².